The molecule has 0 saturated carbocycles. The molecule has 1 aromatic heterocycles. The lowest BCUT2D eigenvalue weighted by Gasteiger charge is -2.15. The molecule has 0 aliphatic rings. The molecule has 0 bridgehead atoms. The normalized spacial score (nSPS) is 11.0. The summed E-state index contributed by atoms with van der Waals surface area (Å²) in [6.07, 6.45) is 0. The van der Waals surface area contributed by atoms with Crippen LogP contribution < -0.4 is 5.32 Å². The molecule has 2 rings (SSSR count). The van der Waals surface area contributed by atoms with Crippen LogP contribution in [-0.4, -0.2) is 24.0 Å². The minimum Gasteiger partial charge on any atom is -0.380 e. The average molecular weight is 275 g/mol. The quantitative estimate of drug-likeness (QED) is 0.906. The number of aryl methyl sites for hydroxylation is 2. The summed E-state index contributed by atoms with van der Waals surface area (Å²) in [7, 11) is 4.18. The second-order valence-electron chi connectivity index (χ2n) is 4.99. The summed E-state index contributed by atoms with van der Waals surface area (Å²) in [6, 6.07) is 8.48. The van der Waals surface area contributed by atoms with Crippen LogP contribution in [0, 0.1) is 13.8 Å². The number of hydrogen-bond acceptors (Lipinski definition) is 4. The van der Waals surface area contributed by atoms with Gasteiger partial charge in [0.2, 0.25) is 0 Å². The first-order valence-electron chi connectivity index (χ1n) is 6.45. The summed E-state index contributed by atoms with van der Waals surface area (Å²) in [5.41, 5.74) is 3.67. The fourth-order valence-electron chi connectivity index (χ4n) is 2.08. The van der Waals surface area contributed by atoms with E-state index in [0.717, 1.165) is 23.8 Å². The van der Waals surface area contributed by atoms with Gasteiger partial charge in [-0.3, -0.25) is 0 Å². The first-order valence-corrected chi connectivity index (χ1v) is 7.27. The second-order valence-corrected chi connectivity index (χ2v) is 6.28. The Morgan fingerprint density at radius 3 is 2.58 bits per heavy atom. The summed E-state index contributed by atoms with van der Waals surface area (Å²) in [5.74, 6) is 0. The summed E-state index contributed by atoms with van der Waals surface area (Å²) >= 11 is 1.77. The van der Waals surface area contributed by atoms with Crippen LogP contribution in [0.3, 0.4) is 0 Å². The highest BCUT2D eigenvalue weighted by molar-refractivity contribution is 7.11. The van der Waals surface area contributed by atoms with Crippen molar-refractivity contribution in [3.8, 4) is 0 Å². The Hall–Kier alpha value is -1.39. The molecular formula is C15H21N3S. The minimum atomic E-state index is 0.849. The largest absolute Gasteiger partial charge is 0.380 e. The van der Waals surface area contributed by atoms with Gasteiger partial charge in [0.15, 0.2) is 0 Å². The predicted molar refractivity (Wildman–Crippen MR) is 82.7 cm³/mol. The Kier molecular flexibility index (Phi) is 4.56. The minimum absolute atomic E-state index is 0.849. The first kappa shape index (κ1) is 14.0. The molecule has 0 saturated heterocycles. The molecule has 1 heterocycles. The fourth-order valence-corrected chi connectivity index (χ4v) is 2.96. The van der Waals surface area contributed by atoms with Crippen molar-refractivity contribution in [3.63, 3.8) is 0 Å². The second kappa shape index (κ2) is 6.17. The van der Waals surface area contributed by atoms with Crippen LogP contribution in [0.25, 0.3) is 0 Å². The predicted octanol–water partition coefficient (Wildman–Crippen LogP) is 3.43. The Labute approximate surface area is 119 Å². The van der Waals surface area contributed by atoms with E-state index in [1.165, 1.54) is 16.1 Å². The average Bonchev–Trinajstić information content (AvgIpc) is 2.66. The molecular weight excluding hydrogens is 254 g/mol. The van der Waals surface area contributed by atoms with Gasteiger partial charge in [-0.2, -0.15) is 0 Å². The molecule has 0 atom stereocenters. The van der Waals surface area contributed by atoms with Crippen molar-refractivity contribution in [2.75, 3.05) is 19.4 Å². The van der Waals surface area contributed by atoms with Crippen molar-refractivity contribution >= 4 is 17.0 Å². The molecule has 0 amide bonds. The van der Waals surface area contributed by atoms with Crippen molar-refractivity contribution < 1.29 is 0 Å². The van der Waals surface area contributed by atoms with E-state index in [9.17, 15) is 0 Å². The molecule has 0 spiro atoms. The number of nitrogens with zero attached hydrogens (tertiary/aromatic N) is 2. The molecule has 0 aliphatic heterocycles. The standard InChI is InChI=1S/C15H21N3S/c1-11-15(19-12(2)17-11)9-16-14-8-6-5-7-13(14)10-18(3)4/h5-8,16H,9-10H2,1-4H3. The van der Waals surface area contributed by atoms with Crippen LogP contribution in [0.4, 0.5) is 5.69 Å². The van der Waals surface area contributed by atoms with Gasteiger partial charge in [-0.05, 0) is 39.6 Å². The van der Waals surface area contributed by atoms with Crippen molar-refractivity contribution in [2.45, 2.75) is 26.9 Å². The SMILES string of the molecule is Cc1nc(C)c(CNc2ccccc2CN(C)C)s1. The van der Waals surface area contributed by atoms with E-state index < -0.39 is 0 Å². The summed E-state index contributed by atoms with van der Waals surface area (Å²) in [5, 5.41) is 4.67. The third-order valence-corrected chi connectivity index (χ3v) is 4.02. The number of anilines is 1. The van der Waals surface area contributed by atoms with Crippen LogP contribution >= 0.6 is 11.3 Å². The van der Waals surface area contributed by atoms with Crippen molar-refractivity contribution in [1.29, 1.82) is 0 Å². The summed E-state index contributed by atoms with van der Waals surface area (Å²) in [4.78, 5) is 7.96. The number of benzene rings is 1. The van der Waals surface area contributed by atoms with Crippen molar-refractivity contribution in [2.24, 2.45) is 0 Å². The van der Waals surface area contributed by atoms with E-state index in [4.69, 9.17) is 0 Å². The van der Waals surface area contributed by atoms with Crippen LogP contribution in [0.1, 0.15) is 21.1 Å². The van der Waals surface area contributed by atoms with E-state index >= 15 is 0 Å². The lowest BCUT2D eigenvalue weighted by atomic mass is 10.1. The topological polar surface area (TPSA) is 28.2 Å². The van der Waals surface area contributed by atoms with Crippen molar-refractivity contribution in [1.82, 2.24) is 9.88 Å². The van der Waals surface area contributed by atoms with Gasteiger partial charge in [-0.15, -0.1) is 11.3 Å². The number of aromatic nitrogens is 1. The maximum Gasteiger partial charge on any atom is 0.0900 e. The molecule has 2 aromatic rings. The molecule has 0 unspecified atom stereocenters. The highest BCUT2D eigenvalue weighted by Crippen LogP contribution is 2.21. The van der Waals surface area contributed by atoms with Gasteiger partial charge >= 0.3 is 0 Å². The van der Waals surface area contributed by atoms with E-state index in [1.807, 2.05) is 0 Å². The van der Waals surface area contributed by atoms with Gasteiger partial charge in [0.1, 0.15) is 0 Å². The number of nitrogens with one attached hydrogen (secondary N) is 1. The van der Waals surface area contributed by atoms with E-state index in [0.29, 0.717) is 0 Å². The van der Waals surface area contributed by atoms with Gasteiger partial charge in [0, 0.05) is 17.1 Å². The van der Waals surface area contributed by atoms with Gasteiger partial charge in [0.25, 0.3) is 0 Å². The molecule has 1 aromatic carbocycles. The molecule has 0 fully saturated rings. The highest BCUT2D eigenvalue weighted by atomic mass is 32.1. The summed E-state index contributed by atoms with van der Waals surface area (Å²) < 4.78 is 0. The van der Waals surface area contributed by atoms with Gasteiger partial charge in [0.05, 0.1) is 17.2 Å². The van der Waals surface area contributed by atoms with E-state index in [2.05, 4.69) is 67.4 Å². The maximum atomic E-state index is 4.46. The number of thiazole rings is 1. The first-order chi connectivity index (χ1) is 9.06. The molecule has 3 nitrogen and oxygen atoms in total. The lowest BCUT2D eigenvalue weighted by molar-refractivity contribution is 0.403. The zero-order valence-corrected chi connectivity index (χ0v) is 12.8. The number of hydrogen-bond donors (Lipinski definition) is 1. The Bertz CT molecular complexity index is 546. The fraction of sp³-hybridized carbons (Fsp3) is 0.400. The monoisotopic (exact) mass is 275 g/mol. The lowest BCUT2D eigenvalue weighted by Crippen LogP contribution is -2.12. The number of rotatable bonds is 5. The van der Waals surface area contributed by atoms with Crippen LogP contribution in [-0.2, 0) is 13.1 Å². The van der Waals surface area contributed by atoms with Crippen LogP contribution in [0.5, 0.6) is 0 Å². The van der Waals surface area contributed by atoms with Gasteiger partial charge in [-0.1, -0.05) is 18.2 Å². The van der Waals surface area contributed by atoms with Gasteiger partial charge in [-0.25, -0.2) is 4.98 Å². The smallest absolute Gasteiger partial charge is 0.0900 e. The molecule has 0 radical (unpaired) electrons. The Morgan fingerprint density at radius 1 is 1.21 bits per heavy atom. The number of para-hydroxylation sites is 1. The molecule has 19 heavy (non-hydrogen) atoms. The molecule has 1 N–H and O–H groups in total. The van der Waals surface area contributed by atoms with E-state index in [-0.39, 0.29) is 0 Å². The Balaban J connectivity index is 2.09. The Morgan fingerprint density at radius 2 is 1.95 bits per heavy atom. The zero-order chi connectivity index (χ0) is 13.8. The zero-order valence-electron chi connectivity index (χ0n) is 12.0. The third-order valence-electron chi connectivity index (χ3n) is 2.94. The van der Waals surface area contributed by atoms with Gasteiger partial charge < -0.3 is 10.2 Å². The third kappa shape index (κ3) is 3.78. The molecule has 102 valence electrons. The van der Waals surface area contributed by atoms with Crippen LogP contribution in [0.2, 0.25) is 0 Å². The highest BCUT2D eigenvalue weighted by Gasteiger charge is 2.06. The maximum absolute atomic E-state index is 4.46. The van der Waals surface area contributed by atoms with Crippen molar-refractivity contribution in [3.05, 3.63) is 45.4 Å². The molecule has 4 heteroatoms. The van der Waals surface area contributed by atoms with E-state index in [1.54, 1.807) is 11.3 Å². The van der Waals surface area contributed by atoms with Crippen LogP contribution in [0.15, 0.2) is 24.3 Å². The molecule has 0 aliphatic carbocycles. The summed E-state index contributed by atoms with van der Waals surface area (Å²) in [6.45, 7) is 5.93.